The second-order valence-corrected chi connectivity index (χ2v) is 3.08. The second-order valence-electron chi connectivity index (χ2n) is 3.08. The Hall–Kier alpha value is -0.950. The first kappa shape index (κ1) is 14.1. The fourth-order valence-electron chi connectivity index (χ4n) is 1.01. The summed E-state index contributed by atoms with van der Waals surface area (Å²) in [5.41, 5.74) is 10.1. The number of hydrogen-bond acceptors (Lipinski definition) is 6. The molecule has 0 radical (unpaired) electrons. The minimum absolute atomic E-state index is 0.0573. The molecule has 6 heteroatoms. The normalized spacial score (nSPS) is 15.2. The Morgan fingerprint density at radius 3 is 2.80 bits per heavy atom. The third-order valence-electron chi connectivity index (χ3n) is 1.96. The zero-order valence-corrected chi connectivity index (χ0v) is 8.90. The van der Waals surface area contributed by atoms with Crippen LogP contribution >= 0.6 is 0 Å². The van der Waals surface area contributed by atoms with Crippen LogP contribution in [0.2, 0.25) is 0 Å². The number of rotatable bonds is 7. The van der Waals surface area contributed by atoms with Gasteiger partial charge < -0.3 is 15.6 Å². The van der Waals surface area contributed by atoms with Crippen molar-refractivity contribution in [3.63, 3.8) is 0 Å². The first-order chi connectivity index (χ1) is 7.08. The van der Waals surface area contributed by atoms with Gasteiger partial charge in [-0.05, 0) is 26.0 Å². The number of hydrogen-bond donors (Lipinski definition) is 4. The van der Waals surface area contributed by atoms with Crippen LogP contribution in [0.4, 0.5) is 0 Å². The summed E-state index contributed by atoms with van der Waals surface area (Å²) in [5, 5.41) is 11.5. The number of esters is 1. The number of aliphatic hydroxyl groups is 1. The average molecular weight is 217 g/mol. The molecule has 0 rings (SSSR count). The summed E-state index contributed by atoms with van der Waals surface area (Å²) < 4.78 is 4.51. The number of likely N-dealkylation sites (N-methyl/N-ethyl adjacent to an activating group) is 1. The van der Waals surface area contributed by atoms with E-state index in [2.05, 4.69) is 10.1 Å². The van der Waals surface area contributed by atoms with Crippen LogP contribution in [0, 0.1) is 0 Å². The van der Waals surface area contributed by atoms with Crippen molar-refractivity contribution in [2.75, 3.05) is 20.4 Å². The van der Waals surface area contributed by atoms with E-state index in [1.807, 2.05) is 0 Å². The Kier molecular flexibility index (Phi) is 6.89. The van der Waals surface area contributed by atoms with Gasteiger partial charge in [-0.2, -0.15) is 0 Å². The molecule has 0 bridgehead atoms. The van der Waals surface area contributed by atoms with Crippen molar-refractivity contribution < 1.29 is 14.6 Å². The molecular weight excluding hydrogens is 198 g/mol. The summed E-state index contributed by atoms with van der Waals surface area (Å²) in [6.45, 7) is -0.0986. The molecule has 15 heavy (non-hydrogen) atoms. The van der Waals surface area contributed by atoms with Gasteiger partial charge in [0.25, 0.3) is 0 Å². The number of nitrogens with one attached hydrogen (secondary N) is 1. The predicted molar refractivity (Wildman–Crippen MR) is 56.6 cm³/mol. The molecule has 0 heterocycles. The number of nitrogens with two attached hydrogens (primary N) is 2. The Morgan fingerprint density at radius 1 is 1.67 bits per heavy atom. The van der Waals surface area contributed by atoms with E-state index in [-0.39, 0.29) is 13.3 Å². The summed E-state index contributed by atoms with van der Waals surface area (Å²) in [7, 11) is 1.68. The fourth-order valence-corrected chi connectivity index (χ4v) is 1.01. The van der Waals surface area contributed by atoms with Gasteiger partial charge in [0.05, 0.1) is 5.66 Å². The Bertz CT molecular complexity index is 221. The number of ether oxygens (including phenoxy) is 1. The van der Waals surface area contributed by atoms with Crippen LogP contribution in [0.3, 0.4) is 0 Å². The van der Waals surface area contributed by atoms with Gasteiger partial charge in [-0.25, -0.2) is 4.79 Å². The monoisotopic (exact) mass is 217 g/mol. The van der Waals surface area contributed by atoms with Crippen molar-refractivity contribution in [1.82, 2.24) is 5.32 Å². The molecule has 0 aromatic heterocycles. The van der Waals surface area contributed by atoms with Crippen molar-refractivity contribution in [3.05, 3.63) is 12.2 Å². The molecule has 0 saturated carbocycles. The van der Waals surface area contributed by atoms with Crippen LogP contribution in [-0.2, 0) is 9.53 Å². The highest BCUT2D eigenvalue weighted by Gasteiger charge is 2.18. The molecule has 0 aliphatic rings. The molecular formula is C9H19N3O3. The van der Waals surface area contributed by atoms with Gasteiger partial charge in [-0.3, -0.25) is 11.1 Å². The van der Waals surface area contributed by atoms with Gasteiger partial charge in [-0.15, -0.1) is 0 Å². The highest BCUT2D eigenvalue weighted by molar-refractivity contribution is 5.82. The Labute approximate surface area is 89.3 Å². The van der Waals surface area contributed by atoms with Gasteiger partial charge in [0.1, 0.15) is 6.73 Å². The van der Waals surface area contributed by atoms with E-state index in [1.165, 1.54) is 12.2 Å². The van der Waals surface area contributed by atoms with E-state index < -0.39 is 11.6 Å². The number of carbonyl (C=O) groups excluding carboxylic acids is 1. The van der Waals surface area contributed by atoms with E-state index in [4.69, 9.17) is 16.6 Å². The standard InChI is InChI=1S/C9H19N3O3/c1-12-9(11,4-2-6-13)5-3-8(14)15-7-10/h3,5,12-13H,2,4,6-7,10-11H2,1H3/b5-3+. The summed E-state index contributed by atoms with van der Waals surface area (Å²) in [6.07, 6.45) is 3.79. The largest absolute Gasteiger partial charge is 0.447 e. The lowest BCUT2D eigenvalue weighted by Crippen LogP contribution is -2.50. The molecule has 0 amide bonds. The van der Waals surface area contributed by atoms with Crippen molar-refractivity contribution >= 4 is 5.97 Å². The van der Waals surface area contributed by atoms with Crippen LogP contribution in [-0.4, -0.2) is 37.1 Å². The molecule has 0 aromatic carbocycles. The topological polar surface area (TPSA) is 111 Å². The van der Waals surface area contributed by atoms with E-state index in [9.17, 15) is 4.79 Å². The SMILES string of the molecule is CNC(N)(/C=C/C(=O)OCN)CCCO. The zero-order valence-electron chi connectivity index (χ0n) is 8.90. The minimum atomic E-state index is -0.809. The first-order valence-corrected chi connectivity index (χ1v) is 4.72. The smallest absolute Gasteiger partial charge is 0.331 e. The van der Waals surface area contributed by atoms with E-state index in [0.717, 1.165) is 0 Å². The minimum Gasteiger partial charge on any atom is -0.447 e. The molecule has 0 spiro atoms. The van der Waals surface area contributed by atoms with Gasteiger partial charge in [-0.1, -0.05) is 0 Å². The molecule has 0 fully saturated rings. The fraction of sp³-hybridized carbons (Fsp3) is 0.667. The third-order valence-corrected chi connectivity index (χ3v) is 1.96. The maximum absolute atomic E-state index is 11.0. The molecule has 1 atom stereocenters. The highest BCUT2D eigenvalue weighted by atomic mass is 16.5. The average Bonchev–Trinajstić information content (AvgIpc) is 2.24. The Morgan fingerprint density at radius 2 is 2.33 bits per heavy atom. The quantitative estimate of drug-likeness (QED) is 0.238. The van der Waals surface area contributed by atoms with Crippen molar-refractivity contribution in [1.29, 1.82) is 0 Å². The van der Waals surface area contributed by atoms with Crippen molar-refractivity contribution in [2.24, 2.45) is 11.5 Å². The van der Waals surface area contributed by atoms with E-state index in [1.54, 1.807) is 7.05 Å². The van der Waals surface area contributed by atoms with Crippen LogP contribution in [0.25, 0.3) is 0 Å². The van der Waals surface area contributed by atoms with Gasteiger partial charge in [0.15, 0.2) is 0 Å². The lowest BCUT2D eigenvalue weighted by atomic mass is 10.0. The highest BCUT2D eigenvalue weighted by Crippen LogP contribution is 2.07. The van der Waals surface area contributed by atoms with Gasteiger partial charge in [0, 0.05) is 12.7 Å². The van der Waals surface area contributed by atoms with Crippen LogP contribution in [0.15, 0.2) is 12.2 Å². The summed E-state index contributed by atoms with van der Waals surface area (Å²) in [6, 6.07) is 0. The molecule has 1 unspecified atom stereocenters. The van der Waals surface area contributed by atoms with Crippen LogP contribution < -0.4 is 16.8 Å². The molecule has 0 aromatic rings. The molecule has 0 aliphatic heterocycles. The van der Waals surface area contributed by atoms with Crippen LogP contribution in [0.1, 0.15) is 12.8 Å². The second kappa shape index (κ2) is 7.36. The molecule has 6 N–H and O–H groups in total. The lowest BCUT2D eigenvalue weighted by molar-refractivity contribution is -0.137. The molecule has 88 valence electrons. The first-order valence-electron chi connectivity index (χ1n) is 4.72. The number of carbonyl (C=O) groups is 1. The summed E-state index contributed by atoms with van der Waals surface area (Å²) >= 11 is 0. The van der Waals surface area contributed by atoms with Crippen molar-refractivity contribution in [3.8, 4) is 0 Å². The Balaban J connectivity index is 4.22. The lowest BCUT2D eigenvalue weighted by Gasteiger charge is -2.24. The number of aliphatic hydroxyl groups excluding tert-OH is 1. The molecule has 0 aliphatic carbocycles. The molecule has 6 nitrogen and oxygen atoms in total. The maximum atomic E-state index is 11.0. The zero-order chi connectivity index (χ0) is 11.7. The van der Waals surface area contributed by atoms with Crippen molar-refractivity contribution in [2.45, 2.75) is 18.5 Å². The van der Waals surface area contributed by atoms with Gasteiger partial charge in [0.2, 0.25) is 0 Å². The summed E-state index contributed by atoms with van der Waals surface area (Å²) in [4.78, 5) is 11.0. The van der Waals surface area contributed by atoms with Crippen LogP contribution in [0.5, 0.6) is 0 Å². The molecule has 0 saturated heterocycles. The third kappa shape index (κ3) is 6.19. The maximum Gasteiger partial charge on any atom is 0.331 e. The predicted octanol–water partition coefficient (Wildman–Crippen LogP) is -1.35. The van der Waals surface area contributed by atoms with E-state index in [0.29, 0.717) is 12.8 Å². The van der Waals surface area contributed by atoms with Gasteiger partial charge >= 0.3 is 5.97 Å². The summed E-state index contributed by atoms with van der Waals surface area (Å²) in [5.74, 6) is -0.536. The van der Waals surface area contributed by atoms with E-state index >= 15 is 0 Å².